The molecule has 0 aliphatic carbocycles. The molecule has 1 amide bonds. The second-order valence-electron chi connectivity index (χ2n) is 5.09. The van der Waals surface area contributed by atoms with Crippen LogP contribution in [0.3, 0.4) is 0 Å². The largest absolute Gasteiger partial charge is 0.444 e. The van der Waals surface area contributed by atoms with Crippen LogP contribution in [-0.4, -0.2) is 56.0 Å². The second kappa shape index (κ2) is 5.50. The molecule has 1 heterocycles. The molecule has 0 aromatic carbocycles. The number of nitrogens with one attached hydrogen (secondary N) is 1. The minimum absolute atomic E-state index is 0.279. The third-order valence-corrected chi connectivity index (χ3v) is 2.22. The summed E-state index contributed by atoms with van der Waals surface area (Å²) in [6.45, 7) is 8.55. The van der Waals surface area contributed by atoms with Crippen LogP contribution in [0.5, 0.6) is 0 Å². The molecule has 0 unspecified atom stereocenters. The Labute approximate surface area is 97.1 Å². The van der Waals surface area contributed by atoms with Crippen molar-refractivity contribution in [2.24, 2.45) is 0 Å². The first-order valence-electron chi connectivity index (χ1n) is 5.64. The first-order chi connectivity index (χ1) is 7.38. The van der Waals surface area contributed by atoms with E-state index in [0.29, 0.717) is 12.6 Å². The lowest BCUT2D eigenvalue weighted by Gasteiger charge is -2.28. The monoisotopic (exact) mass is 230 g/mol. The third-order valence-electron chi connectivity index (χ3n) is 2.22. The smallest absolute Gasteiger partial charge is 0.410 e. The van der Waals surface area contributed by atoms with E-state index in [0.717, 1.165) is 19.8 Å². The van der Waals surface area contributed by atoms with Gasteiger partial charge in [0.1, 0.15) is 5.60 Å². The molecule has 1 aliphatic rings. The molecule has 1 N–H and O–H groups in total. The Morgan fingerprint density at radius 3 is 2.56 bits per heavy atom. The number of amides is 1. The topological polar surface area (TPSA) is 50.8 Å². The highest BCUT2D eigenvalue weighted by Crippen LogP contribution is 2.08. The Hall–Kier alpha value is -0.810. The van der Waals surface area contributed by atoms with Crippen molar-refractivity contribution in [3.05, 3.63) is 0 Å². The van der Waals surface area contributed by atoms with Crippen LogP contribution in [-0.2, 0) is 9.47 Å². The average molecular weight is 230 g/mol. The summed E-state index contributed by atoms with van der Waals surface area (Å²) in [5.41, 5.74) is -0.430. The van der Waals surface area contributed by atoms with E-state index in [2.05, 4.69) is 5.32 Å². The van der Waals surface area contributed by atoms with Crippen LogP contribution in [0.25, 0.3) is 0 Å². The van der Waals surface area contributed by atoms with Crippen LogP contribution in [0.1, 0.15) is 20.8 Å². The second-order valence-corrected chi connectivity index (χ2v) is 5.09. The number of likely N-dealkylation sites (N-methyl/N-ethyl adjacent to an activating group) is 1. The fourth-order valence-corrected chi connectivity index (χ4v) is 1.22. The Morgan fingerprint density at radius 1 is 1.50 bits per heavy atom. The minimum atomic E-state index is -0.430. The summed E-state index contributed by atoms with van der Waals surface area (Å²) in [7, 11) is 1.74. The van der Waals surface area contributed by atoms with Crippen LogP contribution in [0.15, 0.2) is 0 Å². The highest BCUT2D eigenvalue weighted by molar-refractivity contribution is 5.67. The van der Waals surface area contributed by atoms with E-state index >= 15 is 0 Å². The van der Waals surface area contributed by atoms with Gasteiger partial charge < -0.3 is 19.7 Å². The van der Waals surface area contributed by atoms with E-state index in [1.54, 1.807) is 11.9 Å². The zero-order valence-electron chi connectivity index (χ0n) is 10.6. The van der Waals surface area contributed by atoms with E-state index in [1.807, 2.05) is 20.8 Å². The maximum Gasteiger partial charge on any atom is 0.410 e. The van der Waals surface area contributed by atoms with Gasteiger partial charge in [0.2, 0.25) is 0 Å². The van der Waals surface area contributed by atoms with Crippen molar-refractivity contribution in [2.75, 3.05) is 33.4 Å². The van der Waals surface area contributed by atoms with Crippen LogP contribution in [0.2, 0.25) is 0 Å². The number of ether oxygens (including phenoxy) is 2. The van der Waals surface area contributed by atoms with Crippen molar-refractivity contribution < 1.29 is 14.3 Å². The Kier molecular flexibility index (Phi) is 4.56. The molecule has 5 heteroatoms. The Bertz CT molecular complexity index is 234. The molecular formula is C11H22N2O3. The van der Waals surface area contributed by atoms with Crippen molar-refractivity contribution in [2.45, 2.75) is 32.4 Å². The summed E-state index contributed by atoms with van der Waals surface area (Å²) in [6.07, 6.45) is -0.279. The first-order valence-corrected chi connectivity index (χ1v) is 5.64. The van der Waals surface area contributed by atoms with Gasteiger partial charge in [-0.2, -0.15) is 0 Å². The lowest BCUT2D eigenvalue weighted by Crippen LogP contribution is -2.48. The number of carbonyl (C=O) groups is 1. The van der Waals surface area contributed by atoms with Gasteiger partial charge in [-0.25, -0.2) is 4.79 Å². The van der Waals surface area contributed by atoms with E-state index in [-0.39, 0.29) is 6.09 Å². The van der Waals surface area contributed by atoms with Crippen LogP contribution in [0, 0.1) is 0 Å². The zero-order valence-corrected chi connectivity index (χ0v) is 10.6. The van der Waals surface area contributed by atoms with Crippen molar-refractivity contribution in [3.8, 4) is 0 Å². The summed E-state index contributed by atoms with van der Waals surface area (Å²) in [4.78, 5) is 13.2. The molecule has 0 aromatic rings. The standard InChI is InChI=1S/C11H22N2O3/c1-11(2,3)16-10(14)13(4)6-5-12-9-7-15-8-9/h9,12H,5-8H2,1-4H3. The number of nitrogens with zero attached hydrogens (tertiary/aromatic N) is 1. The molecule has 0 spiro atoms. The van der Waals surface area contributed by atoms with E-state index in [9.17, 15) is 4.79 Å². The molecule has 1 aliphatic heterocycles. The molecule has 0 aromatic heterocycles. The molecule has 16 heavy (non-hydrogen) atoms. The fraction of sp³-hybridized carbons (Fsp3) is 0.909. The molecule has 1 rings (SSSR count). The third kappa shape index (κ3) is 4.81. The Morgan fingerprint density at radius 2 is 2.12 bits per heavy atom. The Balaban J connectivity index is 2.12. The summed E-state index contributed by atoms with van der Waals surface area (Å²) >= 11 is 0. The minimum Gasteiger partial charge on any atom is -0.444 e. The van der Waals surface area contributed by atoms with Crippen LogP contribution < -0.4 is 5.32 Å². The number of rotatable bonds is 4. The highest BCUT2D eigenvalue weighted by atomic mass is 16.6. The lowest BCUT2D eigenvalue weighted by molar-refractivity contribution is -0.00629. The molecule has 0 bridgehead atoms. The van der Waals surface area contributed by atoms with Gasteiger partial charge in [0, 0.05) is 20.1 Å². The van der Waals surface area contributed by atoms with Crippen LogP contribution >= 0.6 is 0 Å². The quantitative estimate of drug-likeness (QED) is 0.777. The molecular weight excluding hydrogens is 208 g/mol. The fourth-order valence-electron chi connectivity index (χ4n) is 1.22. The first kappa shape index (κ1) is 13.3. The van der Waals surface area contributed by atoms with E-state index < -0.39 is 5.60 Å². The van der Waals surface area contributed by atoms with Crippen molar-refractivity contribution in [1.29, 1.82) is 0 Å². The summed E-state index contributed by atoms with van der Waals surface area (Å²) in [5, 5.41) is 3.29. The zero-order chi connectivity index (χ0) is 12.2. The van der Waals surface area contributed by atoms with Gasteiger partial charge in [-0.05, 0) is 20.8 Å². The molecule has 0 saturated carbocycles. The predicted molar refractivity (Wildman–Crippen MR) is 61.5 cm³/mol. The van der Waals surface area contributed by atoms with Gasteiger partial charge in [-0.15, -0.1) is 0 Å². The molecule has 1 fully saturated rings. The summed E-state index contributed by atoms with van der Waals surface area (Å²) < 4.78 is 10.3. The van der Waals surface area contributed by atoms with E-state index in [1.165, 1.54) is 0 Å². The number of hydrogen-bond donors (Lipinski definition) is 1. The molecule has 0 atom stereocenters. The number of carbonyl (C=O) groups excluding carboxylic acids is 1. The van der Waals surface area contributed by atoms with Crippen LogP contribution in [0.4, 0.5) is 4.79 Å². The normalized spacial score (nSPS) is 16.8. The summed E-state index contributed by atoms with van der Waals surface area (Å²) in [6, 6.07) is 0.451. The SMILES string of the molecule is CN(CCNC1COC1)C(=O)OC(C)(C)C. The van der Waals surface area contributed by atoms with Crippen molar-refractivity contribution in [1.82, 2.24) is 10.2 Å². The number of hydrogen-bond acceptors (Lipinski definition) is 4. The van der Waals surface area contributed by atoms with Gasteiger partial charge in [0.25, 0.3) is 0 Å². The van der Waals surface area contributed by atoms with Gasteiger partial charge in [0.15, 0.2) is 0 Å². The van der Waals surface area contributed by atoms with Gasteiger partial charge >= 0.3 is 6.09 Å². The molecule has 5 nitrogen and oxygen atoms in total. The molecule has 1 saturated heterocycles. The van der Waals surface area contributed by atoms with Gasteiger partial charge in [-0.1, -0.05) is 0 Å². The highest BCUT2D eigenvalue weighted by Gasteiger charge is 2.20. The van der Waals surface area contributed by atoms with E-state index in [4.69, 9.17) is 9.47 Å². The lowest BCUT2D eigenvalue weighted by atomic mass is 10.2. The summed E-state index contributed by atoms with van der Waals surface area (Å²) in [5.74, 6) is 0. The molecule has 0 radical (unpaired) electrons. The van der Waals surface area contributed by atoms with Gasteiger partial charge in [-0.3, -0.25) is 0 Å². The van der Waals surface area contributed by atoms with Gasteiger partial charge in [0.05, 0.1) is 19.3 Å². The maximum atomic E-state index is 11.6. The molecule has 94 valence electrons. The van der Waals surface area contributed by atoms with Crippen molar-refractivity contribution in [3.63, 3.8) is 0 Å². The average Bonchev–Trinajstić information content (AvgIpc) is 2.05. The van der Waals surface area contributed by atoms with Crippen molar-refractivity contribution >= 4 is 6.09 Å². The maximum absolute atomic E-state index is 11.6. The predicted octanol–water partition coefficient (Wildman–Crippen LogP) is 0.842.